The third-order valence-electron chi connectivity index (χ3n) is 4.78. The third kappa shape index (κ3) is 2.87. The summed E-state index contributed by atoms with van der Waals surface area (Å²) in [5, 5.41) is 3.75. The molecule has 2 rings (SSSR count). The van der Waals surface area contributed by atoms with E-state index in [9.17, 15) is 0 Å². The minimum Gasteiger partial charge on any atom is -0.381 e. The summed E-state index contributed by atoms with van der Waals surface area (Å²) in [6.07, 6.45) is 6.80. The lowest BCUT2D eigenvalue weighted by atomic mass is 9.79. The van der Waals surface area contributed by atoms with E-state index in [0.29, 0.717) is 12.0 Å². The Hall–Kier alpha value is -0.800. The Labute approximate surface area is 117 Å². The zero-order chi connectivity index (χ0) is 14.0. The summed E-state index contributed by atoms with van der Waals surface area (Å²) in [5.41, 5.74) is 2.93. The van der Waals surface area contributed by atoms with E-state index in [4.69, 9.17) is 4.74 Å². The summed E-state index contributed by atoms with van der Waals surface area (Å²) in [6.45, 7) is 8.61. The molecule has 2 aliphatic heterocycles. The molecule has 0 aliphatic carbocycles. The van der Waals surface area contributed by atoms with Crippen molar-refractivity contribution in [2.24, 2.45) is 5.92 Å². The molecule has 0 radical (unpaired) electrons. The topological polar surface area (TPSA) is 24.5 Å². The van der Waals surface area contributed by atoms with Gasteiger partial charge in [-0.25, -0.2) is 0 Å². The van der Waals surface area contributed by atoms with Crippen molar-refractivity contribution in [3.8, 4) is 0 Å². The molecule has 2 unspecified atom stereocenters. The van der Waals surface area contributed by atoms with Gasteiger partial charge in [-0.15, -0.1) is 0 Å². The lowest BCUT2D eigenvalue weighted by Gasteiger charge is -2.45. The number of hydrogen-bond donors (Lipinski definition) is 1. The van der Waals surface area contributed by atoms with Gasteiger partial charge < -0.3 is 15.0 Å². The van der Waals surface area contributed by atoms with Gasteiger partial charge in [-0.05, 0) is 52.4 Å². The number of rotatable bonds is 4. The van der Waals surface area contributed by atoms with Crippen LogP contribution in [0.25, 0.3) is 0 Å². The molecule has 0 bridgehead atoms. The zero-order valence-electron chi connectivity index (χ0n) is 13.0. The lowest BCUT2D eigenvalue weighted by Crippen LogP contribution is -2.57. The van der Waals surface area contributed by atoms with Crippen molar-refractivity contribution >= 4 is 0 Å². The van der Waals surface area contributed by atoms with Gasteiger partial charge in [0.15, 0.2) is 0 Å². The van der Waals surface area contributed by atoms with E-state index in [0.717, 1.165) is 26.1 Å². The Balaban J connectivity index is 2.28. The SMILES string of the molecule is CCC1=CC=C(C2CCOC2)C(C(C)(C)N(C)C)N1. The normalized spacial score (nSPS) is 28.1. The molecule has 108 valence electrons. The standard InChI is InChI=1S/C16H28N2O/c1-6-13-7-8-14(12-9-10-19-11-12)15(17-13)16(2,3)18(4)5/h7-8,12,15,17H,6,9-11H2,1-5H3. The highest BCUT2D eigenvalue weighted by molar-refractivity contribution is 5.33. The van der Waals surface area contributed by atoms with Crippen LogP contribution < -0.4 is 5.32 Å². The van der Waals surface area contributed by atoms with E-state index in [2.05, 4.69) is 57.2 Å². The van der Waals surface area contributed by atoms with Gasteiger partial charge in [-0.2, -0.15) is 0 Å². The van der Waals surface area contributed by atoms with Crippen molar-refractivity contribution in [3.63, 3.8) is 0 Å². The van der Waals surface area contributed by atoms with Crippen LogP contribution in [-0.4, -0.2) is 43.8 Å². The monoisotopic (exact) mass is 264 g/mol. The average molecular weight is 264 g/mol. The van der Waals surface area contributed by atoms with Gasteiger partial charge in [0.05, 0.1) is 12.6 Å². The summed E-state index contributed by atoms with van der Waals surface area (Å²) in [4.78, 5) is 2.31. The first kappa shape index (κ1) is 14.6. The molecule has 19 heavy (non-hydrogen) atoms. The van der Waals surface area contributed by atoms with Crippen molar-refractivity contribution in [2.45, 2.75) is 45.2 Å². The lowest BCUT2D eigenvalue weighted by molar-refractivity contribution is 0.147. The fourth-order valence-corrected chi connectivity index (χ4v) is 2.84. The predicted octanol–water partition coefficient (Wildman–Crippen LogP) is 2.56. The molecule has 1 fully saturated rings. The molecule has 1 N–H and O–H groups in total. The van der Waals surface area contributed by atoms with Crippen molar-refractivity contribution in [1.82, 2.24) is 10.2 Å². The van der Waals surface area contributed by atoms with Crippen LogP contribution in [0.4, 0.5) is 0 Å². The summed E-state index contributed by atoms with van der Waals surface area (Å²) >= 11 is 0. The van der Waals surface area contributed by atoms with Crippen LogP contribution >= 0.6 is 0 Å². The number of likely N-dealkylation sites (N-methyl/N-ethyl adjacent to an activating group) is 1. The summed E-state index contributed by atoms with van der Waals surface area (Å²) in [5.74, 6) is 0.575. The maximum atomic E-state index is 5.58. The molecule has 1 saturated heterocycles. The van der Waals surface area contributed by atoms with E-state index in [1.165, 1.54) is 11.3 Å². The first-order chi connectivity index (χ1) is 8.96. The first-order valence-electron chi connectivity index (χ1n) is 7.39. The van der Waals surface area contributed by atoms with E-state index in [-0.39, 0.29) is 5.54 Å². The molecule has 2 aliphatic rings. The van der Waals surface area contributed by atoms with Crippen LogP contribution in [0.2, 0.25) is 0 Å². The number of ether oxygens (including phenoxy) is 1. The molecule has 3 nitrogen and oxygen atoms in total. The van der Waals surface area contributed by atoms with Gasteiger partial charge in [0.1, 0.15) is 0 Å². The number of nitrogens with zero attached hydrogens (tertiary/aromatic N) is 1. The fraction of sp³-hybridized carbons (Fsp3) is 0.750. The molecule has 2 atom stereocenters. The minimum absolute atomic E-state index is 0.0864. The molecule has 0 aromatic heterocycles. The largest absolute Gasteiger partial charge is 0.381 e. The van der Waals surface area contributed by atoms with E-state index >= 15 is 0 Å². The Bertz CT molecular complexity index is 376. The van der Waals surface area contributed by atoms with Crippen molar-refractivity contribution in [3.05, 3.63) is 23.4 Å². The molecule has 2 heterocycles. The number of nitrogens with one attached hydrogen (secondary N) is 1. The highest BCUT2D eigenvalue weighted by Gasteiger charge is 2.38. The second-order valence-corrected chi connectivity index (χ2v) is 6.40. The fourth-order valence-electron chi connectivity index (χ4n) is 2.84. The second kappa shape index (κ2) is 5.68. The zero-order valence-corrected chi connectivity index (χ0v) is 13.0. The highest BCUT2D eigenvalue weighted by atomic mass is 16.5. The van der Waals surface area contributed by atoms with E-state index < -0.39 is 0 Å². The highest BCUT2D eigenvalue weighted by Crippen LogP contribution is 2.33. The minimum atomic E-state index is 0.0864. The van der Waals surface area contributed by atoms with Crippen LogP contribution in [0.15, 0.2) is 23.4 Å². The van der Waals surface area contributed by atoms with Crippen molar-refractivity contribution in [1.29, 1.82) is 0 Å². The summed E-state index contributed by atoms with van der Waals surface area (Å²) in [7, 11) is 4.32. The van der Waals surface area contributed by atoms with E-state index in [1.54, 1.807) is 0 Å². The van der Waals surface area contributed by atoms with Crippen molar-refractivity contribution in [2.75, 3.05) is 27.3 Å². The quantitative estimate of drug-likeness (QED) is 0.844. The predicted molar refractivity (Wildman–Crippen MR) is 80.1 cm³/mol. The van der Waals surface area contributed by atoms with Gasteiger partial charge in [0, 0.05) is 23.8 Å². The molecule has 0 aromatic rings. The maximum Gasteiger partial charge on any atom is 0.0655 e. The van der Waals surface area contributed by atoms with Crippen LogP contribution in [0.1, 0.15) is 33.6 Å². The maximum absolute atomic E-state index is 5.58. The number of dihydropyridines is 1. The smallest absolute Gasteiger partial charge is 0.0655 e. The summed E-state index contributed by atoms with van der Waals surface area (Å²) in [6, 6.07) is 0.370. The molecule has 0 saturated carbocycles. The van der Waals surface area contributed by atoms with Gasteiger partial charge >= 0.3 is 0 Å². The van der Waals surface area contributed by atoms with Gasteiger partial charge in [-0.3, -0.25) is 0 Å². The van der Waals surface area contributed by atoms with Crippen LogP contribution in [0.3, 0.4) is 0 Å². The van der Waals surface area contributed by atoms with Crippen LogP contribution in [0, 0.1) is 5.92 Å². The molecular formula is C16H28N2O. The van der Waals surface area contributed by atoms with Crippen LogP contribution in [0.5, 0.6) is 0 Å². The molecular weight excluding hydrogens is 236 g/mol. The Morgan fingerprint density at radius 3 is 2.63 bits per heavy atom. The second-order valence-electron chi connectivity index (χ2n) is 6.40. The Kier molecular flexibility index (Phi) is 4.36. The first-order valence-corrected chi connectivity index (χ1v) is 7.39. The van der Waals surface area contributed by atoms with Gasteiger partial charge in [-0.1, -0.05) is 13.0 Å². The number of hydrogen-bond acceptors (Lipinski definition) is 3. The Morgan fingerprint density at radius 2 is 2.11 bits per heavy atom. The van der Waals surface area contributed by atoms with Crippen LogP contribution in [-0.2, 0) is 4.74 Å². The summed E-state index contributed by atoms with van der Waals surface area (Å²) < 4.78 is 5.58. The molecule has 0 aromatic carbocycles. The van der Waals surface area contributed by atoms with E-state index in [1.807, 2.05) is 0 Å². The molecule has 3 heteroatoms. The average Bonchev–Trinajstić information content (AvgIpc) is 2.91. The van der Waals surface area contributed by atoms with Crippen molar-refractivity contribution < 1.29 is 4.74 Å². The molecule has 0 amide bonds. The van der Waals surface area contributed by atoms with Gasteiger partial charge in [0.2, 0.25) is 0 Å². The third-order valence-corrected chi connectivity index (χ3v) is 4.78. The Morgan fingerprint density at radius 1 is 1.37 bits per heavy atom. The number of allylic oxidation sites excluding steroid dienone is 3. The van der Waals surface area contributed by atoms with Gasteiger partial charge in [0.25, 0.3) is 0 Å². The molecule has 0 spiro atoms.